The van der Waals surface area contributed by atoms with Gasteiger partial charge >= 0.3 is 0 Å². The Bertz CT molecular complexity index is 635. The first-order valence-electron chi connectivity index (χ1n) is 5.90. The molecule has 0 radical (unpaired) electrons. The number of halogens is 2. The molecular weight excluding hydrogens is 410 g/mol. The van der Waals surface area contributed by atoms with Crippen molar-refractivity contribution in [2.24, 2.45) is 5.41 Å². The summed E-state index contributed by atoms with van der Waals surface area (Å²) in [4.78, 5) is 33.9. The lowest BCUT2D eigenvalue weighted by Crippen LogP contribution is -2.45. The van der Waals surface area contributed by atoms with Crippen LogP contribution >= 0.6 is 31.9 Å². The van der Waals surface area contributed by atoms with Crippen molar-refractivity contribution in [3.8, 4) is 0 Å². The summed E-state index contributed by atoms with van der Waals surface area (Å²) < 4.78 is -0.465. The number of hydrazine groups is 1. The molecule has 1 saturated carbocycles. The number of hydrogen-bond donors (Lipinski definition) is 2. The number of nitrogens with one attached hydrogen (secondary N) is 2. The van der Waals surface area contributed by atoms with Crippen LogP contribution in [-0.2, 0) is 4.79 Å². The average Bonchev–Trinajstić information content (AvgIpc) is 2.96. The van der Waals surface area contributed by atoms with E-state index in [-0.39, 0.29) is 17.2 Å². The highest BCUT2D eigenvalue weighted by Crippen LogP contribution is 2.66. The third kappa shape index (κ3) is 3.08. The molecule has 1 aromatic carbocycles. The second-order valence-electron chi connectivity index (χ2n) is 4.93. The van der Waals surface area contributed by atoms with Crippen molar-refractivity contribution in [1.82, 2.24) is 10.9 Å². The van der Waals surface area contributed by atoms with E-state index >= 15 is 0 Å². The summed E-state index contributed by atoms with van der Waals surface area (Å²) in [7, 11) is 0. The van der Waals surface area contributed by atoms with Crippen LogP contribution in [0.3, 0.4) is 0 Å². The molecule has 21 heavy (non-hydrogen) atoms. The van der Waals surface area contributed by atoms with Gasteiger partial charge in [-0.2, -0.15) is 0 Å². The second-order valence-corrected chi connectivity index (χ2v) is 8.70. The van der Waals surface area contributed by atoms with Crippen molar-refractivity contribution in [1.29, 1.82) is 0 Å². The minimum absolute atomic E-state index is 0.0920. The van der Waals surface area contributed by atoms with Crippen LogP contribution in [0.5, 0.6) is 0 Å². The van der Waals surface area contributed by atoms with Gasteiger partial charge in [-0.1, -0.05) is 37.9 Å². The zero-order valence-electron chi connectivity index (χ0n) is 10.9. The number of rotatable bonds is 3. The second kappa shape index (κ2) is 5.38. The van der Waals surface area contributed by atoms with Gasteiger partial charge in [-0.25, -0.2) is 0 Å². The van der Waals surface area contributed by atoms with Crippen LogP contribution in [0.25, 0.3) is 0 Å². The Morgan fingerprint density at radius 3 is 2.48 bits per heavy atom. The summed E-state index contributed by atoms with van der Waals surface area (Å²) in [5, 5.41) is 10.6. The smallest absolute Gasteiger partial charge is 0.270 e. The first kappa shape index (κ1) is 15.9. The number of amides is 2. The van der Waals surface area contributed by atoms with Crippen molar-refractivity contribution in [3.05, 3.63) is 39.9 Å². The van der Waals surface area contributed by atoms with Crippen LogP contribution in [0.2, 0.25) is 0 Å². The van der Waals surface area contributed by atoms with Crippen LogP contribution in [-0.4, -0.2) is 20.0 Å². The summed E-state index contributed by atoms with van der Waals surface area (Å²) in [6.07, 6.45) is 0.582. The standard InChI is InChI=1S/C12H11Br2N3O4/c1-11(6-12(11,13)14)10(19)16-15-9(18)7-3-2-4-8(5-7)17(20)21/h2-5H,6H2,1H3,(H,15,18)(H,16,19)/t11-/m1/s1. The van der Waals surface area contributed by atoms with E-state index in [1.165, 1.54) is 18.2 Å². The molecular formula is C12H11Br2N3O4. The molecule has 1 aliphatic rings. The third-order valence-electron chi connectivity index (χ3n) is 3.37. The molecule has 0 saturated heterocycles. The van der Waals surface area contributed by atoms with Gasteiger partial charge in [0.15, 0.2) is 0 Å². The van der Waals surface area contributed by atoms with Crippen molar-refractivity contribution in [2.75, 3.05) is 0 Å². The SMILES string of the molecule is C[C@]1(C(=O)NNC(=O)c2cccc([N+](=O)[O-])c2)CC1(Br)Br. The number of carbonyl (C=O) groups is 2. The van der Waals surface area contributed by atoms with Crippen molar-refractivity contribution in [2.45, 2.75) is 16.6 Å². The minimum Gasteiger partial charge on any atom is -0.273 e. The van der Waals surface area contributed by atoms with Gasteiger partial charge in [0.25, 0.3) is 11.6 Å². The monoisotopic (exact) mass is 419 g/mol. The molecule has 9 heteroatoms. The number of nitrogens with zero attached hydrogens (tertiary/aromatic N) is 1. The number of benzene rings is 1. The van der Waals surface area contributed by atoms with E-state index in [0.717, 1.165) is 6.07 Å². The quantitative estimate of drug-likeness (QED) is 0.444. The summed E-state index contributed by atoms with van der Waals surface area (Å²) >= 11 is 6.71. The number of non-ortho nitro benzene ring substituents is 1. The molecule has 0 heterocycles. The van der Waals surface area contributed by atoms with Gasteiger partial charge in [0, 0.05) is 17.7 Å². The lowest BCUT2D eigenvalue weighted by atomic mass is 10.1. The summed E-state index contributed by atoms with van der Waals surface area (Å²) in [5.74, 6) is -0.971. The molecule has 0 bridgehead atoms. The van der Waals surface area contributed by atoms with Crippen LogP contribution in [0.15, 0.2) is 24.3 Å². The lowest BCUT2D eigenvalue weighted by Gasteiger charge is -2.13. The highest BCUT2D eigenvalue weighted by molar-refractivity contribution is 9.25. The molecule has 1 atom stereocenters. The van der Waals surface area contributed by atoms with Gasteiger partial charge in [-0.15, -0.1) is 0 Å². The normalized spacial score (nSPS) is 22.2. The minimum atomic E-state index is -0.664. The molecule has 2 amide bonds. The zero-order valence-corrected chi connectivity index (χ0v) is 14.0. The van der Waals surface area contributed by atoms with E-state index in [2.05, 4.69) is 42.7 Å². The van der Waals surface area contributed by atoms with Gasteiger partial charge in [-0.05, 0) is 19.4 Å². The third-order valence-corrected chi connectivity index (χ3v) is 5.68. The van der Waals surface area contributed by atoms with E-state index in [1.54, 1.807) is 6.92 Å². The molecule has 7 nitrogen and oxygen atoms in total. The van der Waals surface area contributed by atoms with Crippen molar-refractivity contribution in [3.63, 3.8) is 0 Å². The Morgan fingerprint density at radius 1 is 1.33 bits per heavy atom. The Hall–Kier alpha value is -1.48. The number of carbonyl (C=O) groups excluding carboxylic acids is 2. The van der Waals surface area contributed by atoms with Gasteiger partial charge in [0.05, 0.1) is 13.6 Å². The molecule has 0 aliphatic heterocycles. The predicted molar refractivity (Wildman–Crippen MR) is 82.0 cm³/mol. The van der Waals surface area contributed by atoms with Crippen molar-refractivity contribution < 1.29 is 14.5 Å². The Morgan fingerprint density at radius 2 is 1.95 bits per heavy atom. The molecule has 0 spiro atoms. The topological polar surface area (TPSA) is 101 Å². The predicted octanol–water partition coefficient (Wildman–Crippen LogP) is 2.25. The number of nitro groups is 1. The number of alkyl halides is 2. The van der Waals surface area contributed by atoms with Crippen LogP contribution in [0, 0.1) is 15.5 Å². The molecule has 1 aliphatic carbocycles. The average molecular weight is 421 g/mol. The zero-order chi connectivity index (χ0) is 15.8. The number of hydrogen-bond acceptors (Lipinski definition) is 4. The van der Waals surface area contributed by atoms with Crippen LogP contribution in [0.4, 0.5) is 5.69 Å². The molecule has 112 valence electrons. The van der Waals surface area contributed by atoms with E-state index in [9.17, 15) is 19.7 Å². The first-order chi connectivity index (χ1) is 9.67. The maximum Gasteiger partial charge on any atom is 0.270 e. The Kier molecular flexibility index (Phi) is 4.07. The van der Waals surface area contributed by atoms with Gasteiger partial charge in [0.1, 0.15) is 0 Å². The maximum atomic E-state index is 12.0. The Labute approximate surface area is 136 Å². The molecule has 1 aromatic rings. The molecule has 0 aromatic heterocycles. The van der Waals surface area contributed by atoms with Gasteiger partial charge in [-0.3, -0.25) is 30.6 Å². The molecule has 2 rings (SSSR count). The van der Waals surface area contributed by atoms with Crippen LogP contribution < -0.4 is 10.9 Å². The van der Waals surface area contributed by atoms with E-state index in [0.29, 0.717) is 6.42 Å². The van der Waals surface area contributed by atoms with Gasteiger partial charge < -0.3 is 0 Å². The largest absolute Gasteiger partial charge is 0.273 e. The highest BCUT2D eigenvalue weighted by Gasteiger charge is 2.66. The van der Waals surface area contributed by atoms with E-state index < -0.39 is 19.5 Å². The van der Waals surface area contributed by atoms with E-state index in [4.69, 9.17) is 0 Å². The lowest BCUT2D eigenvalue weighted by molar-refractivity contribution is -0.384. The highest BCUT2D eigenvalue weighted by atomic mass is 79.9. The fourth-order valence-electron chi connectivity index (χ4n) is 1.73. The summed E-state index contributed by atoms with van der Waals surface area (Å²) in [5.41, 5.74) is 3.80. The molecule has 2 N–H and O–H groups in total. The Balaban J connectivity index is 1.98. The summed E-state index contributed by atoms with van der Waals surface area (Å²) in [6.45, 7) is 1.74. The van der Waals surface area contributed by atoms with Gasteiger partial charge in [0.2, 0.25) is 5.91 Å². The summed E-state index contributed by atoms with van der Waals surface area (Å²) in [6, 6.07) is 5.25. The van der Waals surface area contributed by atoms with Crippen molar-refractivity contribution >= 4 is 49.4 Å². The molecule has 1 fully saturated rings. The van der Waals surface area contributed by atoms with Crippen LogP contribution in [0.1, 0.15) is 23.7 Å². The first-order valence-corrected chi connectivity index (χ1v) is 7.49. The van der Waals surface area contributed by atoms with E-state index in [1.807, 2.05) is 0 Å². The number of nitro benzene ring substituents is 1. The fraction of sp³-hybridized carbons (Fsp3) is 0.333. The fourth-order valence-corrected chi connectivity index (χ4v) is 3.21. The maximum absolute atomic E-state index is 12.0. The molecule has 0 unspecified atom stereocenters.